The first-order valence-corrected chi connectivity index (χ1v) is 10.8. The van der Waals surface area contributed by atoms with Crippen molar-refractivity contribution in [1.29, 1.82) is 0 Å². The average Bonchev–Trinajstić information content (AvgIpc) is 2.76. The van der Waals surface area contributed by atoms with Crippen molar-refractivity contribution in [2.24, 2.45) is 0 Å². The molecule has 4 nitrogen and oxygen atoms in total. The molecule has 2 aromatic carbocycles. The molecule has 4 heteroatoms. The Kier molecular flexibility index (Phi) is 8.36. The van der Waals surface area contributed by atoms with Gasteiger partial charge in [-0.3, -0.25) is 0 Å². The summed E-state index contributed by atoms with van der Waals surface area (Å²) in [4.78, 5) is 24.1. The van der Waals surface area contributed by atoms with Gasteiger partial charge in [0.25, 0.3) is 0 Å². The monoisotopic (exact) mass is 444 g/mol. The van der Waals surface area contributed by atoms with Crippen LogP contribution in [0.1, 0.15) is 63.8 Å². The van der Waals surface area contributed by atoms with Crippen LogP contribution in [-0.4, -0.2) is 11.9 Å². The molecule has 0 saturated heterocycles. The fourth-order valence-corrected chi connectivity index (χ4v) is 3.22. The van der Waals surface area contributed by atoms with Gasteiger partial charge in [0.2, 0.25) is 0 Å². The van der Waals surface area contributed by atoms with Gasteiger partial charge in [-0.2, -0.15) is 0 Å². The molecule has 2 rings (SSSR count). The molecular formula is C29H32O4. The van der Waals surface area contributed by atoms with Crippen molar-refractivity contribution < 1.29 is 19.1 Å². The molecule has 0 spiro atoms. The number of carbonyl (C=O) groups is 2. The van der Waals surface area contributed by atoms with E-state index in [-0.39, 0.29) is 5.41 Å². The van der Waals surface area contributed by atoms with E-state index in [4.69, 9.17) is 9.47 Å². The molecule has 0 aliphatic rings. The molecule has 0 fully saturated rings. The third-order valence-corrected chi connectivity index (χ3v) is 5.26. The molecule has 0 heterocycles. The number of rotatable bonds is 8. The normalized spacial score (nSPS) is 11.6. The fourth-order valence-electron chi connectivity index (χ4n) is 3.22. The van der Waals surface area contributed by atoms with Crippen LogP contribution in [0.4, 0.5) is 0 Å². The largest absolute Gasteiger partial charge is 0.423 e. The number of ether oxygens (including phenoxy) is 2. The van der Waals surface area contributed by atoms with E-state index in [2.05, 4.69) is 27.0 Å². The molecule has 0 saturated carbocycles. The number of allylic oxidation sites excluding steroid dienone is 2. The van der Waals surface area contributed by atoms with E-state index in [1.165, 1.54) is 0 Å². The molecule has 0 aromatic heterocycles. The molecule has 0 radical (unpaired) electrons. The van der Waals surface area contributed by atoms with E-state index >= 15 is 0 Å². The average molecular weight is 445 g/mol. The molecule has 172 valence electrons. The van der Waals surface area contributed by atoms with Gasteiger partial charge in [-0.05, 0) is 63.1 Å². The zero-order chi connectivity index (χ0) is 24.8. The van der Waals surface area contributed by atoms with Gasteiger partial charge in [0.1, 0.15) is 11.5 Å². The molecule has 0 aliphatic heterocycles. The maximum Gasteiger partial charge on any atom is 0.338 e. The highest BCUT2D eigenvalue weighted by Crippen LogP contribution is 2.37. The lowest BCUT2D eigenvalue weighted by molar-refractivity contribution is -0.130. The van der Waals surface area contributed by atoms with Crippen LogP contribution >= 0.6 is 0 Å². The zero-order valence-corrected chi connectivity index (χ0v) is 20.3. The standard InChI is InChI=1S/C29H32O4/c1-9-11-21-17-23(13-15-25(21)32-27(30)19(3)4)29(7,8)24-14-16-26(22(18-24)12-10-2)33-28(31)20(5)6/h9-18H,3,5H2,1-2,4,6-8H3/b11-9-,12-10-. The maximum absolute atomic E-state index is 12.0. The quantitative estimate of drug-likeness (QED) is 0.249. The Morgan fingerprint density at radius 2 is 1.12 bits per heavy atom. The Hall–Kier alpha value is -3.66. The van der Waals surface area contributed by atoms with Crippen LogP contribution < -0.4 is 9.47 Å². The van der Waals surface area contributed by atoms with E-state index in [1.54, 1.807) is 13.8 Å². The summed E-state index contributed by atoms with van der Waals surface area (Å²) in [7, 11) is 0. The summed E-state index contributed by atoms with van der Waals surface area (Å²) >= 11 is 0. The smallest absolute Gasteiger partial charge is 0.338 e. The number of carbonyl (C=O) groups excluding carboxylic acids is 2. The van der Waals surface area contributed by atoms with Crippen molar-refractivity contribution in [3.8, 4) is 11.5 Å². The summed E-state index contributed by atoms with van der Waals surface area (Å²) in [5.41, 5.74) is 4.01. The highest BCUT2D eigenvalue weighted by molar-refractivity contribution is 5.90. The summed E-state index contributed by atoms with van der Waals surface area (Å²) in [5.74, 6) is 0.0573. The van der Waals surface area contributed by atoms with Crippen LogP contribution in [0.3, 0.4) is 0 Å². The van der Waals surface area contributed by atoms with E-state index in [1.807, 2.05) is 74.5 Å². The van der Waals surface area contributed by atoms with Crippen LogP contribution in [0.2, 0.25) is 0 Å². The third-order valence-electron chi connectivity index (χ3n) is 5.26. The second-order valence-corrected chi connectivity index (χ2v) is 8.47. The predicted molar refractivity (Wildman–Crippen MR) is 135 cm³/mol. The van der Waals surface area contributed by atoms with Gasteiger partial charge in [-0.1, -0.05) is 63.4 Å². The Bertz CT molecular complexity index is 1060. The lowest BCUT2D eigenvalue weighted by Gasteiger charge is -2.28. The van der Waals surface area contributed by atoms with Crippen LogP contribution in [0.5, 0.6) is 11.5 Å². The van der Waals surface area contributed by atoms with Gasteiger partial charge in [-0.25, -0.2) is 9.59 Å². The highest BCUT2D eigenvalue weighted by Gasteiger charge is 2.25. The number of esters is 2. The molecule has 33 heavy (non-hydrogen) atoms. The Labute approximate surface area is 196 Å². The Morgan fingerprint density at radius 1 is 0.758 bits per heavy atom. The molecule has 0 atom stereocenters. The number of benzene rings is 2. The first-order chi connectivity index (χ1) is 15.5. The molecule has 2 aromatic rings. The number of hydrogen-bond acceptors (Lipinski definition) is 4. The SMILES string of the molecule is C=C(C)C(=O)Oc1ccc(C(C)(C)c2ccc(OC(=O)C(=C)C)c(/C=C\C)c2)cc1/C=C\C. The first-order valence-electron chi connectivity index (χ1n) is 10.8. The summed E-state index contributed by atoms with van der Waals surface area (Å²) in [6.07, 6.45) is 7.62. The second-order valence-electron chi connectivity index (χ2n) is 8.47. The van der Waals surface area contributed by atoms with Crippen LogP contribution in [0.25, 0.3) is 12.2 Å². The maximum atomic E-state index is 12.0. The summed E-state index contributed by atoms with van der Waals surface area (Å²) in [6, 6.07) is 11.6. The fraction of sp³-hybridized carbons (Fsp3) is 0.241. The summed E-state index contributed by atoms with van der Waals surface area (Å²) < 4.78 is 11.0. The Morgan fingerprint density at radius 3 is 1.42 bits per heavy atom. The second kappa shape index (κ2) is 10.8. The zero-order valence-electron chi connectivity index (χ0n) is 20.3. The van der Waals surface area contributed by atoms with E-state index in [9.17, 15) is 9.59 Å². The minimum Gasteiger partial charge on any atom is -0.423 e. The van der Waals surface area contributed by atoms with Crippen LogP contribution in [-0.2, 0) is 15.0 Å². The first kappa shape index (κ1) is 25.6. The van der Waals surface area contributed by atoms with Crippen LogP contribution in [0.15, 0.2) is 72.9 Å². The molecule has 0 bridgehead atoms. The molecule has 0 amide bonds. The molecule has 0 aliphatic carbocycles. The van der Waals surface area contributed by atoms with Crippen molar-refractivity contribution in [1.82, 2.24) is 0 Å². The van der Waals surface area contributed by atoms with E-state index in [0.717, 1.165) is 22.3 Å². The van der Waals surface area contributed by atoms with E-state index < -0.39 is 11.9 Å². The van der Waals surface area contributed by atoms with Crippen molar-refractivity contribution in [2.75, 3.05) is 0 Å². The highest BCUT2D eigenvalue weighted by atomic mass is 16.5. The van der Waals surface area contributed by atoms with Crippen molar-refractivity contribution in [3.63, 3.8) is 0 Å². The number of hydrogen-bond donors (Lipinski definition) is 0. The lowest BCUT2D eigenvalue weighted by atomic mass is 9.77. The van der Waals surface area contributed by atoms with Crippen LogP contribution in [0, 0.1) is 0 Å². The summed E-state index contributed by atoms with van der Waals surface area (Å²) in [6.45, 7) is 18.6. The minimum absolute atomic E-state index is 0.342. The van der Waals surface area contributed by atoms with Gasteiger partial charge in [-0.15, -0.1) is 0 Å². The molecular weight excluding hydrogens is 412 g/mol. The Balaban J connectivity index is 2.51. The summed E-state index contributed by atoms with van der Waals surface area (Å²) in [5, 5.41) is 0. The molecule has 0 N–H and O–H groups in total. The minimum atomic E-state index is -0.455. The topological polar surface area (TPSA) is 52.6 Å². The van der Waals surface area contributed by atoms with Gasteiger partial charge in [0, 0.05) is 27.7 Å². The lowest BCUT2D eigenvalue weighted by Crippen LogP contribution is -2.20. The van der Waals surface area contributed by atoms with Gasteiger partial charge in [0.05, 0.1) is 0 Å². The van der Waals surface area contributed by atoms with Gasteiger partial charge < -0.3 is 9.47 Å². The third kappa shape index (κ3) is 6.19. The van der Waals surface area contributed by atoms with E-state index in [0.29, 0.717) is 22.6 Å². The van der Waals surface area contributed by atoms with Crippen molar-refractivity contribution in [2.45, 2.75) is 47.0 Å². The van der Waals surface area contributed by atoms with Crippen molar-refractivity contribution >= 4 is 24.1 Å². The predicted octanol–water partition coefficient (Wildman–Crippen LogP) is 7.04. The van der Waals surface area contributed by atoms with Crippen molar-refractivity contribution in [3.05, 3.63) is 95.1 Å². The van der Waals surface area contributed by atoms with Gasteiger partial charge >= 0.3 is 11.9 Å². The molecule has 0 unspecified atom stereocenters. The van der Waals surface area contributed by atoms with Gasteiger partial charge in [0.15, 0.2) is 0 Å².